The van der Waals surface area contributed by atoms with Gasteiger partial charge in [-0.25, -0.2) is 9.78 Å². The lowest BCUT2D eigenvalue weighted by molar-refractivity contribution is -0.388. The second-order valence-corrected chi connectivity index (χ2v) is 5.57. The van der Waals surface area contributed by atoms with E-state index in [2.05, 4.69) is 9.72 Å². The molecule has 0 saturated heterocycles. The Morgan fingerprint density at radius 2 is 2.37 bits per heavy atom. The predicted octanol–water partition coefficient (Wildman–Crippen LogP) is 2.99. The molecule has 0 N–H and O–H groups in total. The average Bonchev–Trinajstić information content (AvgIpc) is 2.91. The standard InChI is InChI=1S/C11H8N2O4S2/c1-17-11(14)7-5-8(13(15)16)10(12-6-7)19-9-3-2-4-18-9/h2-6H,1H3. The Hall–Kier alpha value is -1.93. The molecule has 0 aliphatic carbocycles. The summed E-state index contributed by atoms with van der Waals surface area (Å²) in [5.41, 5.74) is -0.147. The fraction of sp³-hybridized carbons (Fsp3) is 0.0909. The lowest BCUT2D eigenvalue weighted by Crippen LogP contribution is -2.04. The molecule has 2 aromatic heterocycles. The van der Waals surface area contributed by atoms with Gasteiger partial charge >= 0.3 is 11.7 Å². The normalized spacial score (nSPS) is 10.2. The van der Waals surface area contributed by atoms with Gasteiger partial charge in [-0.2, -0.15) is 0 Å². The van der Waals surface area contributed by atoms with Crippen molar-refractivity contribution in [1.29, 1.82) is 0 Å². The van der Waals surface area contributed by atoms with Crippen LogP contribution in [0.1, 0.15) is 10.4 Å². The number of rotatable bonds is 4. The molecule has 2 rings (SSSR count). The zero-order valence-corrected chi connectivity index (χ0v) is 11.4. The van der Waals surface area contributed by atoms with E-state index in [4.69, 9.17) is 0 Å². The van der Waals surface area contributed by atoms with Crippen LogP contribution in [0.2, 0.25) is 0 Å². The Bertz CT molecular complexity index is 613. The second-order valence-electron chi connectivity index (χ2n) is 3.33. The number of hydrogen-bond acceptors (Lipinski definition) is 7. The molecule has 0 aliphatic heterocycles. The molecule has 98 valence electrons. The SMILES string of the molecule is COC(=O)c1cnc(Sc2cccs2)c([N+](=O)[O-])c1. The summed E-state index contributed by atoms with van der Waals surface area (Å²) in [7, 11) is 1.21. The van der Waals surface area contributed by atoms with Gasteiger partial charge in [0.25, 0.3) is 0 Å². The van der Waals surface area contributed by atoms with E-state index in [0.29, 0.717) is 0 Å². The lowest BCUT2D eigenvalue weighted by atomic mass is 10.3. The fourth-order valence-corrected chi connectivity index (χ4v) is 3.02. The first-order valence-corrected chi connectivity index (χ1v) is 6.75. The van der Waals surface area contributed by atoms with Crippen molar-refractivity contribution in [1.82, 2.24) is 4.98 Å². The van der Waals surface area contributed by atoms with Crippen molar-refractivity contribution in [2.75, 3.05) is 7.11 Å². The predicted molar refractivity (Wildman–Crippen MR) is 70.7 cm³/mol. The lowest BCUT2D eigenvalue weighted by Gasteiger charge is -2.02. The summed E-state index contributed by atoms with van der Waals surface area (Å²) in [5, 5.41) is 13.1. The molecule has 0 atom stereocenters. The highest BCUT2D eigenvalue weighted by molar-refractivity contribution is 8.01. The van der Waals surface area contributed by atoms with Gasteiger partial charge in [0.15, 0.2) is 5.03 Å². The number of carbonyl (C=O) groups excluding carboxylic acids is 1. The molecule has 0 saturated carbocycles. The summed E-state index contributed by atoms with van der Waals surface area (Å²) in [6.07, 6.45) is 1.27. The van der Waals surface area contributed by atoms with Gasteiger partial charge in [0.2, 0.25) is 0 Å². The van der Waals surface area contributed by atoms with Gasteiger partial charge < -0.3 is 4.74 Å². The smallest absolute Gasteiger partial charge is 0.339 e. The highest BCUT2D eigenvalue weighted by Gasteiger charge is 2.20. The summed E-state index contributed by atoms with van der Waals surface area (Å²) in [6.45, 7) is 0. The quantitative estimate of drug-likeness (QED) is 0.490. The molecule has 0 radical (unpaired) electrons. The van der Waals surface area contributed by atoms with Crippen LogP contribution in [0, 0.1) is 10.1 Å². The van der Waals surface area contributed by atoms with Crippen molar-refractivity contribution in [3.8, 4) is 0 Å². The van der Waals surface area contributed by atoms with Crippen LogP contribution in [0.25, 0.3) is 0 Å². The van der Waals surface area contributed by atoms with Crippen LogP contribution in [0.5, 0.6) is 0 Å². The number of ether oxygens (including phenoxy) is 1. The van der Waals surface area contributed by atoms with Gasteiger partial charge in [0.1, 0.15) is 0 Å². The molecule has 0 spiro atoms. The zero-order valence-electron chi connectivity index (χ0n) is 9.73. The van der Waals surface area contributed by atoms with Gasteiger partial charge in [-0.3, -0.25) is 10.1 Å². The average molecular weight is 296 g/mol. The van der Waals surface area contributed by atoms with E-state index in [1.54, 1.807) is 0 Å². The van der Waals surface area contributed by atoms with E-state index in [1.807, 2.05) is 17.5 Å². The second kappa shape index (κ2) is 5.81. The van der Waals surface area contributed by atoms with E-state index in [9.17, 15) is 14.9 Å². The van der Waals surface area contributed by atoms with Gasteiger partial charge in [0.05, 0.1) is 21.8 Å². The molecule has 6 nitrogen and oxygen atoms in total. The molecule has 0 fully saturated rings. The Balaban J connectivity index is 2.38. The molecule has 2 heterocycles. The summed E-state index contributed by atoms with van der Waals surface area (Å²) >= 11 is 2.65. The number of aromatic nitrogens is 1. The van der Waals surface area contributed by atoms with Crippen molar-refractivity contribution < 1.29 is 14.5 Å². The molecule has 8 heteroatoms. The molecule has 0 amide bonds. The molecule has 0 aliphatic rings. The number of methoxy groups -OCH3 is 1. The molecule has 0 aromatic carbocycles. The molecule has 2 aromatic rings. The van der Waals surface area contributed by atoms with Crippen molar-refractivity contribution in [3.63, 3.8) is 0 Å². The fourth-order valence-electron chi connectivity index (χ4n) is 1.30. The Morgan fingerprint density at radius 3 is 2.95 bits per heavy atom. The van der Waals surface area contributed by atoms with Crippen LogP contribution in [-0.4, -0.2) is 23.0 Å². The third-order valence-corrected chi connectivity index (χ3v) is 4.19. The molecular formula is C11H8N2O4S2. The monoisotopic (exact) mass is 296 g/mol. The van der Waals surface area contributed by atoms with Gasteiger partial charge in [-0.05, 0) is 11.4 Å². The number of hydrogen-bond donors (Lipinski definition) is 0. The molecule has 0 unspecified atom stereocenters. The molecular weight excluding hydrogens is 288 g/mol. The Labute approximate surface area is 116 Å². The molecule has 19 heavy (non-hydrogen) atoms. The number of nitrogens with zero attached hydrogens (tertiary/aromatic N) is 2. The molecule has 0 bridgehead atoms. The van der Waals surface area contributed by atoms with Gasteiger partial charge in [-0.15, -0.1) is 11.3 Å². The van der Waals surface area contributed by atoms with Crippen LogP contribution in [0.15, 0.2) is 39.0 Å². The van der Waals surface area contributed by atoms with Crippen LogP contribution >= 0.6 is 23.1 Å². The first-order valence-electron chi connectivity index (χ1n) is 5.06. The minimum atomic E-state index is -0.650. The number of carbonyl (C=O) groups is 1. The minimum absolute atomic E-state index is 0.0599. The third kappa shape index (κ3) is 3.09. The maximum absolute atomic E-state index is 11.3. The first-order chi connectivity index (χ1) is 9.11. The topological polar surface area (TPSA) is 82.3 Å². The maximum atomic E-state index is 11.3. The summed E-state index contributed by atoms with van der Waals surface area (Å²) in [5.74, 6) is -0.650. The number of pyridine rings is 1. The summed E-state index contributed by atoms with van der Waals surface area (Å²) in [4.78, 5) is 25.8. The van der Waals surface area contributed by atoms with E-state index in [0.717, 1.165) is 4.21 Å². The largest absolute Gasteiger partial charge is 0.465 e. The van der Waals surface area contributed by atoms with E-state index in [1.165, 1.54) is 42.5 Å². The minimum Gasteiger partial charge on any atom is -0.465 e. The van der Waals surface area contributed by atoms with Crippen LogP contribution in [-0.2, 0) is 4.74 Å². The van der Waals surface area contributed by atoms with Crippen LogP contribution < -0.4 is 0 Å². The van der Waals surface area contributed by atoms with E-state index in [-0.39, 0.29) is 16.3 Å². The summed E-state index contributed by atoms with van der Waals surface area (Å²) in [6, 6.07) is 4.87. The van der Waals surface area contributed by atoms with Crippen molar-refractivity contribution >= 4 is 34.8 Å². The third-order valence-electron chi connectivity index (χ3n) is 2.14. The number of nitro groups is 1. The number of esters is 1. The van der Waals surface area contributed by atoms with E-state index < -0.39 is 10.9 Å². The maximum Gasteiger partial charge on any atom is 0.339 e. The van der Waals surface area contributed by atoms with Gasteiger partial charge in [0, 0.05) is 12.3 Å². The highest BCUT2D eigenvalue weighted by atomic mass is 32.2. The summed E-state index contributed by atoms with van der Waals surface area (Å²) < 4.78 is 5.40. The highest BCUT2D eigenvalue weighted by Crippen LogP contribution is 2.35. The van der Waals surface area contributed by atoms with Crippen LogP contribution in [0.4, 0.5) is 5.69 Å². The van der Waals surface area contributed by atoms with Gasteiger partial charge in [-0.1, -0.05) is 17.8 Å². The van der Waals surface area contributed by atoms with E-state index >= 15 is 0 Å². The Kier molecular flexibility index (Phi) is 4.13. The number of thiophene rings is 1. The van der Waals surface area contributed by atoms with Crippen molar-refractivity contribution in [3.05, 3.63) is 45.5 Å². The van der Waals surface area contributed by atoms with Crippen molar-refractivity contribution in [2.45, 2.75) is 9.24 Å². The first kappa shape index (κ1) is 13.5. The van der Waals surface area contributed by atoms with Crippen molar-refractivity contribution in [2.24, 2.45) is 0 Å². The zero-order chi connectivity index (χ0) is 13.8. The Morgan fingerprint density at radius 1 is 1.58 bits per heavy atom. The van der Waals surface area contributed by atoms with Crippen LogP contribution in [0.3, 0.4) is 0 Å².